The van der Waals surface area contributed by atoms with Crippen LogP contribution in [0.1, 0.15) is 10.4 Å². The van der Waals surface area contributed by atoms with Crippen molar-refractivity contribution in [2.75, 3.05) is 17.7 Å². The molecular weight excluding hydrogens is 377 g/mol. The van der Waals surface area contributed by atoms with Crippen LogP contribution in [0.4, 0.5) is 11.4 Å². The van der Waals surface area contributed by atoms with Crippen molar-refractivity contribution >= 4 is 46.5 Å². The van der Waals surface area contributed by atoms with Crippen LogP contribution in [-0.2, 0) is 9.53 Å². The lowest BCUT2D eigenvalue weighted by atomic mass is 10.2. The zero-order valence-corrected chi connectivity index (χ0v) is 15.1. The van der Waals surface area contributed by atoms with E-state index >= 15 is 0 Å². The number of carbonyl (C=O) groups excluding carboxylic acids is 2. The van der Waals surface area contributed by atoms with Gasteiger partial charge < -0.3 is 15.4 Å². The van der Waals surface area contributed by atoms with Gasteiger partial charge in [-0.25, -0.2) is 4.79 Å². The molecule has 8 heteroatoms. The maximum Gasteiger partial charge on any atom is 0.337 e. The molecule has 6 nitrogen and oxygen atoms in total. The zero-order valence-electron chi connectivity index (χ0n) is 13.5. The summed E-state index contributed by atoms with van der Waals surface area (Å²) >= 11 is 11.7. The van der Waals surface area contributed by atoms with Gasteiger partial charge in [0.2, 0.25) is 0 Å². The number of benzene rings is 2. The molecule has 2 aromatic carbocycles. The van der Waals surface area contributed by atoms with E-state index < -0.39 is 11.9 Å². The van der Waals surface area contributed by atoms with E-state index in [1.165, 1.54) is 25.4 Å². The van der Waals surface area contributed by atoms with E-state index in [0.717, 1.165) is 0 Å². The maximum atomic E-state index is 12.2. The first-order chi connectivity index (χ1) is 12.4. The van der Waals surface area contributed by atoms with Crippen molar-refractivity contribution in [3.63, 3.8) is 0 Å². The lowest BCUT2D eigenvalue weighted by Gasteiger charge is -2.06. The number of nitriles is 1. The largest absolute Gasteiger partial charge is 0.465 e. The molecule has 2 rings (SSSR count). The molecule has 0 heterocycles. The standard InChI is InChI=1S/C18H13Cl2N3O3/c1-26-18(25)11-2-4-13(5-3-11)22-10-12(9-21)17(24)23-14-6-7-15(19)16(20)8-14/h2-8,10,22H,1H3,(H,23,24)/b12-10-. The highest BCUT2D eigenvalue weighted by Gasteiger charge is 2.10. The molecule has 2 N–H and O–H groups in total. The smallest absolute Gasteiger partial charge is 0.337 e. The molecule has 0 aliphatic rings. The lowest BCUT2D eigenvalue weighted by Crippen LogP contribution is -2.14. The van der Waals surface area contributed by atoms with Crippen molar-refractivity contribution < 1.29 is 14.3 Å². The number of methoxy groups -OCH3 is 1. The third kappa shape index (κ3) is 4.99. The van der Waals surface area contributed by atoms with Gasteiger partial charge in [-0.15, -0.1) is 0 Å². The van der Waals surface area contributed by atoms with Crippen LogP contribution in [0.2, 0.25) is 10.0 Å². The molecule has 2 aromatic rings. The Bertz CT molecular complexity index is 903. The molecule has 0 radical (unpaired) electrons. The van der Waals surface area contributed by atoms with E-state index in [1.807, 2.05) is 6.07 Å². The van der Waals surface area contributed by atoms with E-state index in [2.05, 4.69) is 15.4 Å². The summed E-state index contributed by atoms with van der Waals surface area (Å²) in [6, 6.07) is 12.8. The number of esters is 1. The van der Waals surface area contributed by atoms with Crippen molar-refractivity contribution in [3.05, 3.63) is 69.8 Å². The molecule has 26 heavy (non-hydrogen) atoms. The number of anilines is 2. The van der Waals surface area contributed by atoms with Gasteiger partial charge >= 0.3 is 5.97 Å². The molecule has 1 amide bonds. The number of amides is 1. The molecule has 0 atom stereocenters. The lowest BCUT2D eigenvalue weighted by molar-refractivity contribution is -0.112. The molecule has 0 bridgehead atoms. The molecule has 0 unspecified atom stereocenters. The van der Waals surface area contributed by atoms with Crippen LogP contribution in [-0.4, -0.2) is 19.0 Å². The Morgan fingerprint density at radius 3 is 2.31 bits per heavy atom. The normalized spacial score (nSPS) is 10.6. The highest BCUT2D eigenvalue weighted by molar-refractivity contribution is 6.42. The summed E-state index contributed by atoms with van der Waals surface area (Å²) in [6.45, 7) is 0. The SMILES string of the molecule is COC(=O)c1ccc(N/C=C(/C#N)C(=O)Nc2ccc(Cl)c(Cl)c2)cc1. The Labute approximate surface area is 160 Å². The Balaban J connectivity index is 2.07. The van der Waals surface area contributed by atoms with Gasteiger partial charge in [-0.1, -0.05) is 23.2 Å². The fourth-order valence-electron chi connectivity index (χ4n) is 1.90. The van der Waals surface area contributed by atoms with Gasteiger partial charge in [-0.05, 0) is 42.5 Å². The quantitative estimate of drug-likeness (QED) is 0.453. The number of ether oxygens (including phenoxy) is 1. The number of carbonyl (C=O) groups is 2. The topological polar surface area (TPSA) is 91.2 Å². The van der Waals surface area contributed by atoms with Crippen molar-refractivity contribution in [2.45, 2.75) is 0 Å². The van der Waals surface area contributed by atoms with Gasteiger partial charge in [-0.3, -0.25) is 4.79 Å². The van der Waals surface area contributed by atoms with Gasteiger partial charge in [0.15, 0.2) is 0 Å². The Hall–Kier alpha value is -3.01. The van der Waals surface area contributed by atoms with Crippen LogP contribution in [0.15, 0.2) is 54.2 Å². The zero-order chi connectivity index (χ0) is 19.1. The summed E-state index contributed by atoms with van der Waals surface area (Å²) in [5, 5.41) is 15.2. The summed E-state index contributed by atoms with van der Waals surface area (Å²) in [7, 11) is 1.29. The maximum absolute atomic E-state index is 12.2. The highest BCUT2D eigenvalue weighted by Crippen LogP contribution is 2.25. The number of rotatable bonds is 5. The average Bonchev–Trinajstić information content (AvgIpc) is 2.65. The molecule has 0 aliphatic heterocycles. The van der Waals surface area contributed by atoms with Crippen molar-refractivity contribution in [2.24, 2.45) is 0 Å². The van der Waals surface area contributed by atoms with Crippen LogP contribution in [0.3, 0.4) is 0 Å². The van der Waals surface area contributed by atoms with Crippen LogP contribution < -0.4 is 10.6 Å². The Morgan fingerprint density at radius 1 is 1.08 bits per heavy atom. The van der Waals surface area contributed by atoms with Gasteiger partial charge in [-0.2, -0.15) is 5.26 Å². The van der Waals surface area contributed by atoms with Crippen LogP contribution in [0, 0.1) is 11.3 Å². The molecule has 0 saturated heterocycles. The minimum Gasteiger partial charge on any atom is -0.465 e. The minimum atomic E-state index is -0.607. The summed E-state index contributed by atoms with van der Waals surface area (Å²) in [5.74, 6) is -1.06. The average molecular weight is 390 g/mol. The summed E-state index contributed by atoms with van der Waals surface area (Å²) in [5.41, 5.74) is 1.24. The second-order valence-electron chi connectivity index (χ2n) is 4.97. The molecular formula is C18H13Cl2N3O3. The van der Waals surface area contributed by atoms with Crippen molar-refractivity contribution in [1.29, 1.82) is 5.26 Å². The van der Waals surface area contributed by atoms with Crippen LogP contribution >= 0.6 is 23.2 Å². The minimum absolute atomic E-state index is 0.145. The summed E-state index contributed by atoms with van der Waals surface area (Å²) < 4.78 is 4.61. The predicted molar refractivity (Wildman–Crippen MR) is 100 cm³/mol. The number of halogens is 2. The summed E-state index contributed by atoms with van der Waals surface area (Å²) in [6.07, 6.45) is 1.26. The number of nitrogens with zero attached hydrogens (tertiary/aromatic N) is 1. The van der Waals surface area contributed by atoms with Crippen molar-refractivity contribution in [1.82, 2.24) is 0 Å². The van der Waals surface area contributed by atoms with Gasteiger partial charge in [0.1, 0.15) is 11.6 Å². The van der Waals surface area contributed by atoms with E-state index in [9.17, 15) is 14.9 Å². The highest BCUT2D eigenvalue weighted by atomic mass is 35.5. The second-order valence-corrected chi connectivity index (χ2v) is 5.78. The molecule has 132 valence electrons. The molecule has 0 aliphatic carbocycles. The monoisotopic (exact) mass is 389 g/mol. The predicted octanol–water partition coefficient (Wildman–Crippen LogP) is 4.24. The third-order valence-electron chi connectivity index (χ3n) is 3.23. The van der Waals surface area contributed by atoms with Crippen molar-refractivity contribution in [3.8, 4) is 6.07 Å². The first-order valence-electron chi connectivity index (χ1n) is 7.26. The second kappa shape index (κ2) is 8.90. The third-order valence-corrected chi connectivity index (χ3v) is 3.97. The number of nitrogens with one attached hydrogen (secondary N) is 2. The molecule has 0 aromatic heterocycles. The van der Waals surface area contributed by atoms with Gasteiger partial charge in [0, 0.05) is 17.6 Å². The summed E-state index contributed by atoms with van der Waals surface area (Å²) in [4.78, 5) is 23.5. The van der Waals surface area contributed by atoms with E-state index in [1.54, 1.807) is 30.3 Å². The van der Waals surface area contributed by atoms with E-state index in [-0.39, 0.29) is 10.6 Å². The Morgan fingerprint density at radius 2 is 1.73 bits per heavy atom. The van der Waals surface area contributed by atoms with Gasteiger partial charge in [0.25, 0.3) is 5.91 Å². The Kier molecular flexibility index (Phi) is 6.61. The van der Waals surface area contributed by atoms with Crippen LogP contribution in [0.25, 0.3) is 0 Å². The fraction of sp³-hybridized carbons (Fsp3) is 0.0556. The van der Waals surface area contributed by atoms with E-state index in [0.29, 0.717) is 22.0 Å². The molecule has 0 spiro atoms. The molecule has 0 saturated carbocycles. The van der Waals surface area contributed by atoms with Gasteiger partial charge in [0.05, 0.1) is 22.7 Å². The van der Waals surface area contributed by atoms with E-state index in [4.69, 9.17) is 23.2 Å². The molecule has 0 fully saturated rings. The van der Waals surface area contributed by atoms with Crippen LogP contribution in [0.5, 0.6) is 0 Å². The first-order valence-corrected chi connectivity index (χ1v) is 8.01. The number of hydrogen-bond donors (Lipinski definition) is 2. The number of hydrogen-bond acceptors (Lipinski definition) is 5. The first kappa shape index (κ1) is 19.3. The fourth-order valence-corrected chi connectivity index (χ4v) is 2.19.